The van der Waals surface area contributed by atoms with Crippen molar-refractivity contribution >= 4 is 17.6 Å². The lowest BCUT2D eigenvalue weighted by Crippen LogP contribution is -2.46. The number of carbonyl (C=O) groups excluding carboxylic acids is 2. The maximum Gasteiger partial charge on any atom is 0.322 e. The molecule has 0 bridgehead atoms. The van der Waals surface area contributed by atoms with Gasteiger partial charge in [-0.1, -0.05) is 24.3 Å². The van der Waals surface area contributed by atoms with Crippen molar-refractivity contribution in [3.05, 3.63) is 59.7 Å². The number of hydrogen-bond donors (Lipinski definition) is 3. The van der Waals surface area contributed by atoms with Crippen molar-refractivity contribution in [3.63, 3.8) is 0 Å². The summed E-state index contributed by atoms with van der Waals surface area (Å²) in [5.74, 6) is -0.127. The van der Waals surface area contributed by atoms with Crippen LogP contribution < -0.4 is 11.1 Å². The van der Waals surface area contributed by atoms with Crippen LogP contribution in [0.25, 0.3) is 0 Å². The fraction of sp³-hybridized carbons (Fsp3) is 0.364. The Morgan fingerprint density at radius 1 is 1.11 bits per heavy atom. The van der Waals surface area contributed by atoms with Gasteiger partial charge in [0.25, 0.3) is 0 Å². The van der Waals surface area contributed by atoms with Crippen LogP contribution in [0.1, 0.15) is 36.8 Å². The second kappa shape index (κ2) is 9.26. The molecule has 1 atom stereocenters. The summed E-state index contributed by atoms with van der Waals surface area (Å²) in [7, 11) is 0. The zero-order valence-electron chi connectivity index (χ0n) is 15.9. The molecule has 2 aromatic rings. The Kier molecular flexibility index (Phi) is 6.53. The smallest absolute Gasteiger partial charge is 0.322 e. The van der Waals surface area contributed by atoms with E-state index in [0.717, 1.165) is 49.8 Å². The number of phenols is 1. The van der Waals surface area contributed by atoms with Gasteiger partial charge in [-0.3, -0.25) is 4.79 Å². The van der Waals surface area contributed by atoms with Gasteiger partial charge in [0.05, 0.1) is 6.42 Å². The predicted octanol–water partition coefficient (Wildman–Crippen LogP) is 3.44. The largest absolute Gasteiger partial charge is 0.508 e. The highest BCUT2D eigenvalue weighted by Crippen LogP contribution is 2.23. The Morgan fingerprint density at radius 3 is 2.68 bits per heavy atom. The Balaban J connectivity index is 1.62. The molecule has 0 saturated carbocycles. The quantitative estimate of drug-likeness (QED) is 0.715. The first kappa shape index (κ1) is 19.7. The minimum absolute atomic E-state index is 0.114. The number of anilines is 1. The van der Waals surface area contributed by atoms with E-state index in [1.807, 2.05) is 35.2 Å². The van der Waals surface area contributed by atoms with Gasteiger partial charge < -0.3 is 21.1 Å². The fourth-order valence-corrected chi connectivity index (χ4v) is 3.77. The summed E-state index contributed by atoms with van der Waals surface area (Å²) < 4.78 is 0. The van der Waals surface area contributed by atoms with Crippen molar-refractivity contribution in [2.45, 2.75) is 44.6 Å². The van der Waals surface area contributed by atoms with Gasteiger partial charge in [-0.25, -0.2) is 4.79 Å². The van der Waals surface area contributed by atoms with E-state index in [1.54, 1.807) is 18.2 Å². The summed E-state index contributed by atoms with van der Waals surface area (Å²) in [6, 6.07) is 14.6. The van der Waals surface area contributed by atoms with Gasteiger partial charge in [0, 0.05) is 18.3 Å². The first-order chi connectivity index (χ1) is 13.5. The normalized spacial score (nSPS) is 16.6. The van der Waals surface area contributed by atoms with E-state index in [4.69, 9.17) is 5.73 Å². The number of likely N-dealkylation sites (tertiary alicyclic amines) is 1. The zero-order valence-corrected chi connectivity index (χ0v) is 15.9. The number of primary amides is 1. The Bertz CT molecular complexity index is 837. The molecule has 1 aliphatic heterocycles. The van der Waals surface area contributed by atoms with Crippen LogP contribution in [0.15, 0.2) is 48.5 Å². The average molecular weight is 381 g/mol. The first-order valence-electron chi connectivity index (χ1n) is 9.74. The number of phenolic OH excluding ortho intramolecular Hbond substituents is 1. The van der Waals surface area contributed by atoms with E-state index in [1.165, 1.54) is 0 Å². The zero-order chi connectivity index (χ0) is 19.9. The Hall–Kier alpha value is -3.02. The topological polar surface area (TPSA) is 95.7 Å². The third-order valence-electron chi connectivity index (χ3n) is 5.12. The monoisotopic (exact) mass is 381 g/mol. The van der Waals surface area contributed by atoms with Crippen LogP contribution in [0.3, 0.4) is 0 Å². The average Bonchev–Trinajstić information content (AvgIpc) is 2.66. The molecule has 1 heterocycles. The van der Waals surface area contributed by atoms with Crippen molar-refractivity contribution in [1.82, 2.24) is 4.90 Å². The van der Waals surface area contributed by atoms with Crippen molar-refractivity contribution in [3.8, 4) is 5.75 Å². The lowest BCUT2D eigenvalue weighted by molar-refractivity contribution is -0.117. The second-order valence-corrected chi connectivity index (χ2v) is 7.33. The molecule has 3 rings (SSSR count). The lowest BCUT2D eigenvalue weighted by atomic mass is 9.96. The molecule has 148 valence electrons. The molecule has 0 aromatic heterocycles. The minimum Gasteiger partial charge on any atom is -0.508 e. The third-order valence-corrected chi connectivity index (χ3v) is 5.12. The number of aryl methyl sites for hydroxylation is 1. The van der Waals surface area contributed by atoms with Crippen LogP contribution in [0.5, 0.6) is 5.75 Å². The molecule has 1 unspecified atom stereocenters. The standard InChI is InChI=1S/C22H27N3O3/c23-21(27)15-17-6-3-7-18(13-17)24-22(28)25-12-2-1-8-19(25)11-10-16-5-4-9-20(26)14-16/h3-7,9,13-14,19,26H,1-2,8,10-12,15H2,(H2,23,27)(H,24,28). The van der Waals surface area contributed by atoms with Crippen molar-refractivity contribution < 1.29 is 14.7 Å². The molecule has 1 aliphatic rings. The van der Waals surface area contributed by atoms with Crippen molar-refractivity contribution in [2.24, 2.45) is 5.73 Å². The molecule has 0 aliphatic carbocycles. The van der Waals surface area contributed by atoms with Gasteiger partial charge >= 0.3 is 6.03 Å². The number of benzene rings is 2. The Morgan fingerprint density at radius 2 is 1.89 bits per heavy atom. The molecule has 0 radical (unpaired) electrons. The summed E-state index contributed by atoms with van der Waals surface area (Å²) in [6.07, 6.45) is 4.92. The molecule has 3 amide bonds. The molecular weight excluding hydrogens is 354 g/mol. The van der Waals surface area contributed by atoms with E-state index in [2.05, 4.69) is 5.32 Å². The molecule has 28 heavy (non-hydrogen) atoms. The highest BCUT2D eigenvalue weighted by Gasteiger charge is 2.26. The van der Waals surface area contributed by atoms with Crippen LogP contribution in [0.4, 0.5) is 10.5 Å². The van der Waals surface area contributed by atoms with Gasteiger partial charge in [-0.15, -0.1) is 0 Å². The van der Waals surface area contributed by atoms with Crippen LogP contribution >= 0.6 is 0 Å². The number of nitrogens with one attached hydrogen (secondary N) is 1. The van der Waals surface area contributed by atoms with Crippen LogP contribution in [-0.4, -0.2) is 34.5 Å². The van der Waals surface area contributed by atoms with Crippen LogP contribution in [0.2, 0.25) is 0 Å². The van der Waals surface area contributed by atoms with Crippen LogP contribution in [-0.2, 0) is 17.6 Å². The summed E-state index contributed by atoms with van der Waals surface area (Å²) in [5, 5.41) is 12.6. The number of hydrogen-bond acceptors (Lipinski definition) is 3. The molecule has 6 heteroatoms. The van der Waals surface area contributed by atoms with Crippen molar-refractivity contribution in [2.75, 3.05) is 11.9 Å². The summed E-state index contributed by atoms with van der Waals surface area (Å²) in [6.45, 7) is 0.734. The summed E-state index contributed by atoms with van der Waals surface area (Å²) in [4.78, 5) is 25.9. The molecule has 6 nitrogen and oxygen atoms in total. The van der Waals surface area contributed by atoms with Gasteiger partial charge in [-0.2, -0.15) is 0 Å². The number of amides is 3. The number of urea groups is 1. The maximum atomic E-state index is 12.9. The second-order valence-electron chi connectivity index (χ2n) is 7.33. The van der Waals surface area contributed by atoms with E-state index < -0.39 is 5.91 Å². The number of piperidine rings is 1. The number of carbonyl (C=O) groups is 2. The first-order valence-corrected chi connectivity index (χ1v) is 9.74. The number of nitrogens with zero attached hydrogens (tertiary/aromatic N) is 1. The van der Waals surface area contributed by atoms with Gasteiger partial charge in [0.1, 0.15) is 5.75 Å². The van der Waals surface area contributed by atoms with E-state index >= 15 is 0 Å². The maximum absolute atomic E-state index is 12.9. The lowest BCUT2D eigenvalue weighted by Gasteiger charge is -2.36. The fourth-order valence-electron chi connectivity index (χ4n) is 3.77. The molecule has 1 fully saturated rings. The molecule has 0 spiro atoms. The third kappa shape index (κ3) is 5.49. The Labute approximate surface area is 165 Å². The minimum atomic E-state index is -0.397. The highest BCUT2D eigenvalue weighted by atomic mass is 16.3. The predicted molar refractivity (Wildman–Crippen MR) is 109 cm³/mol. The molecule has 4 N–H and O–H groups in total. The summed E-state index contributed by atoms with van der Waals surface area (Å²) in [5.41, 5.74) is 7.77. The van der Waals surface area contributed by atoms with Gasteiger partial charge in [0.15, 0.2) is 0 Å². The van der Waals surface area contributed by atoms with E-state index in [9.17, 15) is 14.7 Å². The molecular formula is C22H27N3O3. The number of nitrogens with two attached hydrogens (primary N) is 1. The van der Waals surface area contributed by atoms with E-state index in [0.29, 0.717) is 5.69 Å². The SMILES string of the molecule is NC(=O)Cc1cccc(NC(=O)N2CCCCC2CCc2cccc(O)c2)c1. The number of rotatable bonds is 6. The molecule has 1 saturated heterocycles. The highest BCUT2D eigenvalue weighted by molar-refractivity contribution is 5.90. The van der Waals surface area contributed by atoms with Crippen molar-refractivity contribution in [1.29, 1.82) is 0 Å². The van der Waals surface area contributed by atoms with Gasteiger partial charge in [0.2, 0.25) is 5.91 Å². The molecule has 2 aromatic carbocycles. The number of aromatic hydroxyl groups is 1. The summed E-state index contributed by atoms with van der Waals surface area (Å²) >= 11 is 0. The van der Waals surface area contributed by atoms with Crippen LogP contribution in [0, 0.1) is 0 Å². The van der Waals surface area contributed by atoms with Gasteiger partial charge in [-0.05, 0) is 67.5 Å². The van der Waals surface area contributed by atoms with E-state index in [-0.39, 0.29) is 24.2 Å².